The first-order valence-electron chi connectivity index (χ1n) is 7.53. The monoisotopic (exact) mass is 341 g/mol. The Labute approximate surface area is 137 Å². The zero-order chi connectivity index (χ0) is 17.0. The van der Waals surface area contributed by atoms with Crippen LogP contribution in [0.3, 0.4) is 0 Å². The minimum atomic E-state index is -3.58. The van der Waals surface area contributed by atoms with Crippen molar-refractivity contribution in [1.29, 1.82) is 0 Å². The zero-order valence-electron chi connectivity index (χ0n) is 13.6. The summed E-state index contributed by atoms with van der Waals surface area (Å²) >= 11 is 0. The Morgan fingerprint density at radius 2 is 1.96 bits per heavy atom. The molecule has 1 saturated heterocycles. The lowest BCUT2D eigenvalue weighted by Gasteiger charge is -2.34. The minimum Gasteiger partial charge on any atom is -0.373 e. The fraction of sp³-hybridized carbons (Fsp3) is 0.533. The Morgan fingerprint density at radius 1 is 1.30 bits per heavy atom. The van der Waals surface area contributed by atoms with Gasteiger partial charge in [-0.3, -0.25) is 4.79 Å². The van der Waals surface area contributed by atoms with Crippen molar-refractivity contribution in [2.45, 2.75) is 32.6 Å². The maximum Gasteiger partial charge on any atom is 0.279 e. The average Bonchev–Trinajstić information content (AvgIpc) is 2.51. The number of rotatable bonds is 5. The molecule has 1 aromatic rings. The van der Waals surface area contributed by atoms with E-state index in [1.54, 1.807) is 31.3 Å². The van der Waals surface area contributed by atoms with E-state index >= 15 is 0 Å². The first kappa shape index (κ1) is 17.9. The number of nitrogens with zero attached hydrogens (tertiary/aromatic N) is 1. The van der Waals surface area contributed by atoms with Crippen LogP contribution in [0.1, 0.15) is 29.8 Å². The normalized spacial score (nSPS) is 22.7. The van der Waals surface area contributed by atoms with Crippen LogP contribution in [-0.4, -0.2) is 51.0 Å². The topological polar surface area (TPSA) is 87.7 Å². The van der Waals surface area contributed by atoms with Gasteiger partial charge in [0.2, 0.25) is 0 Å². The van der Waals surface area contributed by atoms with Crippen molar-refractivity contribution >= 4 is 16.1 Å². The van der Waals surface area contributed by atoms with E-state index in [-0.39, 0.29) is 24.7 Å². The molecule has 0 aliphatic carbocycles. The molecule has 8 heteroatoms. The molecule has 23 heavy (non-hydrogen) atoms. The smallest absolute Gasteiger partial charge is 0.279 e. The van der Waals surface area contributed by atoms with E-state index < -0.39 is 10.2 Å². The van der Waals surface area contributed by atoms with Crippen molar-refractivity contribution in [3.63, 3.8) is 0 Å². The van der Waals surface area contributed by atoms with Gasteiger partial charge in [-0.05, 0) is 31.5 Å². The van der Waals surface area contributed by atoms with E-state index in [0.717, 1.165) is 5.56 Å². The first-order valence-corrected chi connectivity index (χ1v) is 8.97. The van der Waals surface area contributed by atoms with Crippen molar-refractivity contribution in [2.75, 3.05) is 20.1 Å². The number of carbonyl (C=O) groups is 1. The first-order chi connectivity index (χ1) is 10.8. The molecule has 7 nitrogen and oxygen atoms in total. The van der Waals surface area contributed by atoms with Crippen LogP contribution in [0.5, 0.6) is 0 Å². The molecule has 0 spiro atoms. The van der Waals surface area contributed by atoms with E-state index in [4.69, 9.17) is 4.74 Å². The molecule has 1 aliphatic rings. The molecule has 2 rings (SSSR count). The van der Waals surface area contributed by atoms with E-state index in [2.05, 4.69) is 10.0 Å². The number of hydrogen-bond acceptors (Lipinski definition) is 4. The highest BCUT2D eigenvalue weighted by molar-refractivity contribution is 7.87. The fourth-order valence-corrected chi connectivity index (χ4v) is 3.90. The molecule has 1 heterocycles. The SMILES string of the molecule is CNC(=O)c1cccc(CNS(=O)(=O)N2CC(C)OC(C)C2)c1. The summed E-state index contributed by atoms with van der Waals surface area (Å²) in [5, 5.41) is 2.54. The van der Waals surface area contributed by atoms with Crippen LogP contribution in [0.2, 0.25) is 0 Å². The maximum absolute atomic E-state index is 12.4. The van der Waals surface area contributed by atoms with Crippen molar-refractivity contribution in [3.05, 3.63) is 35.4 Å². The van der Waals surface area contributed by atoms with Crippen LogP contribution in [0.25, 0.3) is 0 Å². The molecule has 2 N–H and O–H groups in total. The molecule has 1 amide bonds. The van der Waals surface area contributed by atoms with E-state index in [1.165, 1.54) is 4.31 Å². The van der Waals surface area contributed by atoms with Gasteiger partial charge in [0.1, 0.15) is 0 Å². The number of ether oxygens (including phenoxy) is 1. The highest BCUT2D eigenvalue weighted by Crippen LogP contribution is 2.14. The molecule has 1 fully saturated rings. The third kappa shape index (κ3) is 4.74. The number of amides is 1. The highest BCUT2D eigenvalue weighted by Gasteiger charge is 2.30. The number of carbonyl (C=O) groups excluding carboxylic acids is 1. The highest BCUT2D eigenvalue weighted by atomic mass is 32.2. The molecular weight excluding hydrogens is 318 g/mol. The lowest BCUT2D eigenvalue weighted by atomic mass is 10.1. The molecule has 128 valence electrons. The number of hydrogen-bond donors (Lipinski definition) is 2. The summed E-state index contributed by atoms with van der Waals surface area (Å²) in [6.45, 7) is 4.50. The predicted molar refractivity (Wildman–Crippen MR) is 87.2 cm³/mol. The average molecular weight is 341 g/mol. The second kappa shape index (κ2) is 7.39. The number of benzene rings is 1. The standard InChI is InChI=1S/C15H23N3O4S/c1-11-9-18(10-12(2)22-11)23(20,21)17-8-13-5-4-6-14(7-13)15(19)16-3/h4-7,11-12,17H,8-10H2,1-3H3,(H,16,19). The van der Waals surface area contributed by atoms with Crippen molar-refractivity contribution in [1.82, 2.24) is 14.3 Å². The van der Waals surface area contributed by atoms with E-state index in [9.17, 15) is 13.2 Å². The molecule has 0 aromatic heterocycles. The van der Waals surface area contributed by atoms with Crippen LogP contribution in [-0.2, 0) is 21.5 Å². The Bertz CT molecular complexity index is 652. The largest absolute Gasteiger partial charge is 0.373 e. The lowest BCUT2D eigenvalue weighted by molar-refractivity contribution is -0.0444. The van der Waals surface area contributed by atoms with Crippen molar-refractivity contribution in [3.8, 4) is 0 Å². The van der Waals surface area contributed by atoms with Gasteiger partial charge in [-0.2, -0.15) is 17.4 Å². The molecular formula is C15H23N3O4S. The Kier molecular flexibility index (Phi) is 5.74. The predicted octanol–water partition coefficient (Wildman–Crippen LogP) is 0.490. The Morgan fingerprint density at radius 3 is 2.57 bits per heavy atom. The van der Waals surface area contributed by atoms with Crippen LogP contribution in [0, 0.1) is 0 Å². The molecule has 1 aromatic carbocycles. The fourth-order valence-electron chi connectivity index (χ4n) is 2.56. The van der Waals surface area contributed by atoms with E-state index in [1.807, 2.05) is 13.8 Å². The van der Waals surface area contributed by atoms with Crippen LogP contribution in [0.15, 0.2) is 24.3 Å². The summed E-state index contributed by atoms with van der Waals surface area (Å²) < 4.78 is 34.3. The van der Waals surface area contributed by atoms with Gasteiger partial charge in [0, 0.05) is 32.2 Å². The van der Waals surface area contributed by atoms with Crippen LogP contribution < -0.4 is 10.0 Å². The van der Waals surface area contributed by atoms with Crippen LogP contribution >= 0.6 is 0 Å². The summed E-state index contributed by atoms with van der Waals surface area (Å²) in [6.07, 6.45) is -0.265. The second-order valence-corrected chi connectivity index (χ2v) is 7.44. The summed E-state index contributed by atoms with van der Waals surface area (Å²) in [7, 11) is -2.03. The Hall–Kier alpha value is -1.48. The molecule has 2 unspecified atom stereocenters. The lowest BCUT2D eigenvalue weighted by Crippen LogP contribution is -2.51. The van der Waals surface area contributed by atoms with Gasteiger partial charge in [0.15, 0.2) is 0 Å². The molecule has 0 radical (unpaired) electrons. The molecule has 2 atom stereocenters. The van der Waals surface area contributed by atoms with Gasteiger partial charge < -0.3 is 10.1 Å². The molecule has 0 bridgehead atoms. The van der Waals surface area contributed by atoms with Crippen molar-refractivity contribution < 1.29 is 17.9 Å². The number of nitrogens with one attached hydrogen (secondary N) is 2. The summed E-state index contributed by atoms with van der Waals surface area (Å²) in [5.41, 5.74) is 1.22. The van der Waals surface area contributed by atoms with Gasteiger partial charge in [-0.1, -0.05) is 12.1 Å². The second-order valence-electron chi connectivity index (χ2n) is 5.68. The summed E-state index contributed by atoms with van der Waals surface area (Å²) in [5.74, 6) is -0.203. The van der Waals surface area contributed by atoms with Crippen LogP contribution in [0.4, 0.5) is 0 Å². The summed E-state index contributed by atoms with van der Waals surface area (Å²) in [6, 6.07) is 6.86. The minimum absolute atomic E-state index is 0.132. The van der Waals surface area contributed by atoms with E-state index in [0.29, 0.717) is 18.7 Å². The zero-order valence-corrected chi connectivity index (χ0v) is 14.4. The maximum atomic E-state index is 12.4. The van der Waals surface area contributed by atoms with Crippen molar-refractivity contribution in [2.24, 2.45) is 0 Å². The van der Waals surface area contributed by atoms with Gasteiger partial charge >= 0.3 is 0 Å². The van der Waals surface area contributed by atoms with Gasteiger partial charge in [0.25, 0.3) is 16.1 Å². The van der Waals surface area contributed by atoms with Gasteiger partial charge in [-0.15, -0.1) is 0 Å². The Balaban J connectivity index is 2.03. The number of morpholine rings is 1. The van der Waals surface area contributed by atoms with Gasteiger partial charge in [-0.25, -0.2) is 0 Å². The van der Waals surface area contributed by atoms with Gasteiger partial charge in [0.05, 0.1) is 12.2 Å². The quantitative estimate of drug-likeness (QED) is 0.816. The molecule has 0 saturated carbocycles. The third-order valence-corrected chi connectivity index (χ3v) is 5.09. The summed E-state index contributed by atoms with van der Waals surface area (Å²) in [4.78, 5) is 11.6. The molecule has 1 aliphatic heterocycles. The third-order valence-electron chi connectivity index (χ3n) is 3.60.